The van der Waals surface area contributed by atoms with E-state index in [0.29, 0.717) is 34.9 Å². The zero-order valence-electron chi connectivity index (χ0n) is 23.3. The summed E-state index contributed by atoms with van der Waals surface area (Å²) < 4.78 is 25.2. The lowest BCUT2D eigenvalue weighted by atomic mass is 9.89. The van der Waals surface area contributed by atoms with Crippen LogP contribution in [-0.4, -0.2) is 18.1 Å². The standard InChI is InChI=1S/C33H37FN2O4S/c1-2-24-4-3-5-26(20-29(24)34)25-12-6-22(7-13-25)10-18-32(37)39-28-15-8-23(9-16-28)11-19-33(38)40-41-31-17-14-27(35)21-30(31)36/h6-9,11-17,19,21,24,26,29H,2-5,10,18,20,35-36H2,1H3/b19-11+/t24-,26?,29?/m1/s1. The molecule has 0 saturated heterocycles. The van der Waals surface area contributed by atoms with Gasteiger partial charge in [0.15, 0.2) is 0 Å². The third kappa shape index (κ3) is 9.11. The molecule has 0 bridgehead atoms. The topological polar surface area (TPSA) is 105 Å². The van der Waals surface area contributed by atoms with E-state index in [4.69, 9.17) is 20.4 Å². The van der Waals surface area contributed by atoms with Crippen LogP contribution >= 0.6 is 12.0 Å². The molecule has 0 heterocycles. The molecule has 3 atom stereocenters. The number of carbonyl (C=O) groups is 2. The van der Waals surface area contributed by atoms with E-state index in [1.54, 1.807) is 48.5 Å². The predicted molar refractivity (Wildman–Crippen MR) is 163 cm³/mol. The summed E-state index contributed by atoms with van der Waals surface area (Å²) in [5.74, 6) is 0.0132. The van der Waals surface area contributed by atoms with Crippen molar-refractivity contribution in [2.24, 2.45) is 5.92 Å². The first-order chi connectivity index (χ1) is 19.8. The maximum absolute atomic E-state index is 14.6. The van der Waals surface area contributed by atoms with E-state index in [9.17, 15) is 14.0 Å². The van der Waals surface area contributed by atoms with E-state index in [1.165, 1.54) is 11.6 Å². The molecule has 4 N–H and O–H groups in total. The first-order valence-electron chi connectivity index (χ1n) is 14.1. The Morgan fingerprint density at radius 1 is 1.02 bits per heavy atom. The molecule has 3 aromatic carbocycles. The summed E-state index contributed by atoms with van der Waals surface area (Å²) in [6.07, 6.45) is 7.58. The van der Waals surface area contributed by atoms with Gasteiger partial charge in [-0.2, -0.15) is 0 Å². The van der Waals surface area contributed by atoms with Crippen LogP contribution in [0.1, 0.15) is 68.1 Å². The fourth-order valence-corrected chi connectivity index (χ4v) is 5.61. The smallest absolute Gasteiger partial charge is 0.343 e. The molecule has 216 valence electrons. The number of nitrogen functional groups attached to an aromatic ring is 2. The first kappa shape index (κ1) is 30.2. The number of halogens is 1. The van der Waals surface area contributed by atoms with Crippen molar-refractivity contribution in [1.82, 2.24) is 0 Å². The minimum absolute atomic E-state index is 0.188. The number of carbonyl (C=O) groups excluding carboxylic acids is 2. The molecule has 1 aliphatic rings. The molecule has 2 unspecified atom stereocenters. The Morgan fingerprint density at radius 3 is 2.49 bits per heavy atom. The van der Waals surface area contributed by atoms with Crippen molar-refractivity contribution in [3.8, 4) is 5.75 Å². The van der Waals surface area contributed by atoms with Crippen molar-refractivity contribution in [2.45, 2.75) is 68.9 Å². The molecule has 0 aromatic heterocycles. The molecule has 41 heavy (non-hydrogen) atoms. The highest BCUT2D eigenvalue weighted by atomic mass is 32.2. The Labute approximate surface area is 245 Å². The molecule has 4 rings (SSSR count). The van der Waals surface area contributed by atoms with Gasteiger partial charge >= 0.3 is 11.9 Å². The maximum Gasteiger partial charge on any atom is 0.343 e. The zero-order valence-corrected chi connectivity index (χ0v) is 24.1. The van der Waals surface area contributed by atoms with E-state index in [2.05, 4.69) is 19.1 Å². The van der Waals surface area contributed by atoms with Gasteiger partial charge in [-0.15, -0.1) is 0 Å². The molecule has 0 spiro atoms. The third-order valence-electron chi connectivity index (χ3n) is 7.51. The summed E-state index contributed by atoms with van der Waals surface area (Å²) in [5.41, 5.74) is 15.5. The van der Waals surface area contributed by atoms with Crippen LogP contribution in [0.4, 0.5) is 15.8 Å². The van der Waals surface area contributed by atoms with E-state index < -0.39 is 12.1 Å². The highest BCUT2D eigenvalue weighted by Gasteiger charge is 2.27. The summed E-state index contributed by atoms with van der Waals surface area (Å²) in [7, 11) is 0. The van der Waals surface area contributed by atoms with Crippen LogP contribution in [-0.2, 0) is 20.2 Å². The van der Waals surface area contributed by atoms with Crippen molar-refractivity contribution in [2.75, 3.05) is 11.5 Å². The molecule has 1 saturated carbocycles. The number of rotatable bonds is 10. The molecule has 0 aliphatic heterocycles. The predicted octanol–water partition coefficient (Wildman–Crippen LogP) is 7.67. The van der Waals surface area contributed by atoms with Gasteiger partial charge in [-0.3, -0.25) is 4.79 Å². The Morgan fingerprint density at radius 2 is 1.78 bits per heavy atom. The third-order valence-corrected chi connectivity index (χ3v) is 8.31. The van der Waals surface area contributed by atoms with E-state index >= 15 is 0 Å². The van der Waals surface area contributed by atoms with E-state index in [0.717, 1.165) is 48.9 Å². The zero-order chi connectivity index (χ0) is 29.2. The van der Waals surface area contributed by atoms with Crippen molar-refractivity contribution in [3.05, 3.63) is 89.5 Å². The summed E-state index contributed by atoms with van der Waals surface area (Å²) in [4.78, 5) is 25.0. The van der Waals surface area contributed by atoms with Gasteiger partial charge in [-0.25, -0.2) is 9.18 Å². The van der Waals surface area contributed by atoms with Crippen molar-refractivity contribution in [1.29, 1.82) is 0 Å². The summed E-state index contributed by atoms with van der Waals surface area (Å²) >= 11 is 0.867. The number of benzene rings is 3. The number of aryl methyl sites for hydroxylation is 1. The van der Waals surface area contributed by atoms with Crippen molar-refractivity contribution >= 4 is 41.4 Å². The number of alkyl halides is 1. The van der Waals surface area contributed by atoms with Crippen LogP contribution in [0.3, 0.4) is 0 Å². The molecule has 1 aliphatic carbocycles. The lowest BCUT2D eigenvalue weighted by Gasteiger charge is -2.19. The number of nitrogens with two attached hydrogens (primary N) is 2. The van der Waals surface area contributed by atoms with E-state index in [1.807, 2.05) is 12.1 Å². The molecule has 8 heteroatoms. The number of ether oxygens (including phenoxy) is 1. The first-order valence-corrected chi connectivity index (χ1v) is 14.8. The normalized spacial score (nSPS) is 19.0. The second-order valence-electron chi connectivity index (χ2n) is 10.4. The van der Waals surface area contributed by atoms with Crippen LogP contribution in [0, 0.1) is 5.92 Å². The quantitative estimate of drug-likeness (QED) is 0.0637. The Bertz CT molecular complexity index is 1340. The minimum Gasteiger partial charge on any atom is -0.427 e. The van der Waals surface area contributed by atoms with Crippen LogP contribution in [0.15, 0.2) is 77.7 Å². The maximum atomic E-state index is 14.6. The number of hydrogen-bond acceptors (Lipinski definition) is 7. The molecule has 1 fully saturated rings. The fourth-order valence-electron chi connectivity index (χ4n) is 5.11. The second-order valence-corrected chi connectivity index (χ2v) is 11.2. The van der Waals surface area contributed by atoms with Gasteiger partial charge in [0.05, 0.1) is 22.6 Å². The van der Waals surface area contributed by atoms with Crippen LogP contribution in [0.25, 0.3) is 6.08 Å². The van der Waals surface area contributed by atoms with Gasteiger partial charge in [0.2, 0.25) is 0 Å². The Hall–Kier alpha value is -3.78. The lowest BCUT2D eigenvalue weighted by molar-refractivity contribution is -0.134. The molecule has 3 aromatic rings. The lowest BCUT2D eigenvalue weighted by Crippen LogP contribution is -2.15. The van der Waals surface area contributed by atoms with Crippen molar-refractivity contribution in [3.63, 3.8) is 0 Å². The SMILES string of the molecule is CC[C@@H]1CCCC(c2ccc(CCC(=O)Oc3ccc(/C=C/C(=O)OSc4ccc(N)cc4N)cc3)cc2)CC1F. The molecule has 0 radical (unpaired) electrons. The Kier molecular flexibility index (Phi) is 10.8. The highest BCUT2D eigenvalue weighted by Crippen LogP contribution is 2.37. The fraction of sp³-hybridized carbons (Fsp3) is 0.333. The van der Waals surface area contributed by atoms with Gasteiger partial charge in [0.1, 0.15) is 11.9 Å². The monoisotopic (exact) mass is 576 g/mol. The van der Waals surface area contributed by atoms with Crippen LogP contribution < -0.4 is 16.2 Å². The number of hydrogen-bond donors (Lipinski definition) is 2. The van der Waals surface area contributed by atoms with Gasteiger partial charge in [-0.05, 0) is 90.6 Å². The minimum atomic E-state index is -0.728. The molecular weight excluding hydrogens is 539 g/mol. The van der Waals surface area contributed by atoms with Gasteiger partial charge in [-0.1, -0.05) is 56.2 Å². The second kappa shape index (κ2) is 14.7. The average molecular weight is 577 g/mol. The molecular formula is C33H37FN2O4S. The summed E-state index contributed by atoms with van der Waals surface area (Å²) in [6.45, 7) is 2.08. The number of esters is 1. The summed E-state index contributed by atoms with van der Waals surface area (Å²) in [6, 6.07) is 20.0. The van der Waals surface area contributed by atoms with Crippen molar-refractivity contribution < 1.29 is 22.9 Å². The van der Waals surface area contributed by atoms with E-state index in [-0.39, 0.29) is 24.2 Å². The van der Waals surface area contributed by atoms with Gasteiger partial charge < -0.3 is 20.4 Å². The molecule has 6 nitrogen and oxygen atoms in total. The summed E-state index contributed by atoms with van der Waals surface area (Å²) in [5, 5.41) is 0. The van der Waals surface area contributed by atoms with Crippen LogP contribution in [0.2, 0.25) is 0 Å². The van der Waals surface area contributed by atoms with Gasteiger partial charge in [0, 0.05) is 18.2 Å². The number of anilines is 2. The van der Waals surface area contributed by atoms with Gasteiger partial charge in [0.25, 0.3) is 0 Å². The average Bonchev–Trinajstić information content (AvgIpc) is 3.16. The van der Waals surface area contributed by atoms with Crippen LogP contribution in [0.5, 0.6) is 5.75 Å². The largest absolute Gasteiger partial charge is 0.427 e. The Balaban J connectivity index is 1.20. The molecule has 0 amide bonds. The highest BCUT2D eigenvalue weighted by molar-refractivity contribution is 7.95.